The Bertz CT molecular complexity index is 457. The normalized spacial score (nSPS) is 13.4. The van der Waals surface area contributed by atoms with Gasteiger partial charge in [0.05, 0.1) is 18.3 Å². The van der Waals surface area contributed by atoms with Crippen molar-refractivity contribution < 1.29 is 29.7 Å². The third-order valence-corrected chi connectivity index (χ3v) is 4.17. The number of aliphatic hydroxyl groups is 3. The molecular formula is C19H43N7O6. The van der Waals surface area contributed by atoms with Crippen LogP contribution in [0.5, 0.6) is 0 Å². The van der Waals surface area contributed by atoms with Gasteiger partial charge in [0, 0.05) is 65.2 Å². The number of amides is 3. The first kappa shape index (κ1) is 32.3. The van der Waals surface area contributed by atoms with Crippen molar-refractivity contribution in [3.63, 3.8) is 0 Å². The average molecular weight is 466 g/mol. The zero-order chi connectivity index (χ0) is 24.8. The Morgan fingerprint density at radius 2 is 1.22 bits per heavy atom. The second-order valence-corrected chi connectivity index (χ2v) is 7.14. The number of carbonyl (C=O) groups is 3. The lowest BCUT2D eigenvalue weighted by molar-refractivity contribution is -0.122. The predicted octanol–water partition coefficient (Wildman–Crippen LogP) is -4.60. The molecule has 0 aliphatic carbocycles. The molecular weight excluding hydrogens is 422 g/mol. The Balaban J connectivity index is 0. The summed E-state index contributed by atoms with van der Waals surface area (Å²) in [5.74, 6) is -0.307. The lowest BCUT2D eigenvalue weighted by Crippen LogP contribution is -2.39. The van der Waals surface area contributed by atoms with Gasteiger partial charge in [-0.3, -0.25) is 14.4 Å². The van der Waals surface area contributed by atoms with E-state index in [0.717, 1.165) is 13.0 Å². The summed E-state index contributed by atoms with van der Waals surface area (Å²) in [4.78, 5) is 35.0. The highest BCUT2D eigenvalue weighted by atomic mass is 16.3. The van der Waals surface area contributed by atoms with E-state index < -0.39 is 18.3 Å². The molecule has 3 atom stereocenters. The van der Waals surface area contributed by atoms with Gasteiger partial charge in [0.25, 0.3) is 0 Å². The number of nitrogens with zero attached hydrogens (tertiary/aromatic N) is 1. The molecule has 13 heteroatoms. The van der Waals surface area contributed by atoms with Crippen molar-refractivity contribution in [1.82, 2.24) is 20.9 Å². The second-order valence-electron chi connectivity index (χ2n) is 7.14. The van der Waals surface area contributed by atoms with Crippen LogP contribution in [0, 0.1) is 0 Å². The molecule has 0 aromatic rings. The van der Waals surface area contributed by atoms with Crippen molar-refractivity contribution in [2.24, 2.45) is 17.2 Å². The molecule has 0 aromatic carbocycles. The van der Waals surface area contributed by atoms with E-state index in [9.17, 15) is 24.6 Å². The number of rotatable bonds is 18. The first-order valence-corrected chi connectivity index (χ1v) is 10.8. The first-order chi connectivity index (χ1) is 15.2. The van der Waals surface area contributed by atoms with Crippen LogP contribution < -0.4 is 33.2 Å². The minimum Gasteiger partial charge on any atom is -0.390 e. The van der Waals surface area contributed by atoms with E-state index in [4.69, 9.17) is 22.3 Å². The Labute approximate surface area is 190 Å². The van der Waals surface area contributed by atoms with Gasteiger partial charge in [0.1, 0.15) is 0 Å². The summed E-state index contributed by atoms with van der Waals surface area (Å²) in [7, 11) is 0. The average Bonchev–Trinajstić information content (AvgIpc) is 2.81. The molecule has 0 aliphatic heterocycles. The Kier molecular flexibility index (Phi) is 22.5. The van der Waals surface area contributed by atoms with Gasteiger partial charge in [-0.15, -0.1) is 0 Å². The number of nitrogens with two attached hydrogens (primary N) is 3. The monoisotopic (exact) mass is 465 g/mol. The third kappa shape index (κ3) is 21.4. The first-order valence-electron chi connectivity index (χ1n) is 10.8. The Hall–Kier alpha value is -1.87. The van der Waals surface area contributed by atoms with Crippen LogP contribution in [-0.4, -0.2) is 116 Å². The highest BCUT2D eigenvalue weighted by Gasteiger charge is 2.11. The Morgan fingerprint density at radius 1 is 0.812 bits per heavy atom. The zero-order valence-electron chi connectivity index (χ0n) is 19.0. The molecule has 0 radical (unpaired) electrons. The van der Waals surface area contributed by atoms with Crippen molar-refractivity contribution in [1.29, 1.82) is 0 Å². The van der Waals surface area contributed by atoms with Crippen LogP contribution in [0.3, 0.4) is 0 Å². The lowest BCUT2D eigenvalue weighted by atomic mass is 10.2. The van der Waals surface area contributed by atoms with E-state index in [0.29, 0.717) is 32.3 Å². The van der Waals surface area contributed by atoms with Gasteiger partial charge < -0.3 is 53.4 Å². The minimum absolute atomic E-state index is 0.107. The SMILES string of the molecule is CCCN(CCC(=O)NCC(O)CN)CCC(=O)NCC(O)CN.NCC(O)CNC=O. The van der Waals surface area contributed by atoms with Gasteiger partial charge >= 0.3 is 0 Å². The van der Waals surface area contributed by atoms with Crippen LogP contribution in [-0.2, 0) is 14.4 Å². The number of hydrogen-bond acceptors (Lipinski definition) is 10. The van der Waals surface area contributed by atoms with Crippen LogP contribution in [0.15, 0.2) is 0 Å². The summed E-state index contributed by atoms with van der Waals surface area (Å²) in [6, 6.07) is 0. The summed E-state index contributed by atoms with van der Waals surface area (Å²) in [5.41, 5.74) is 15.5. The molecule has 0 saturated carbocycles. The standard InChI is InChI=1S/C15H33N5O4.C4H10N2O2/c1-2-5-20(6-3-14(23)18-10-12(21)8-16)7-4-15(24)19-11-13(22)9-17;5-1-4(8)2-6-3-7/h12-13,21-22H,2-11,16-17H2,1H3,(H,18,23)(H,19,24);3-4,8H,1-2,5H2,(H,6,7). The molecule has 0 spiro atoms. The van der Waals surface area contributed by atoms with Crippen LogP contribution >= 0.6 is 0 Å². The molecule has 0 aliphatic rings. The summed E-state index contributed by atoms with van der Waals surface area (Å²) in [6.45, 7) is 4.82. The number of aliphatic hydroxyl groups excluding tert-OH is 3. The molecule has 3 unspecified atom stereocenters. The van der Waals surface area contributed by atoms with Crippen molar-refractivity contribution in [2.75, 3.05) is 58.9 Å². The lowest BCUT2D eigenvalue weighted by Gasteiger charge is -2.21. The summed E-state index contributed by atoms with van der Waals surface area (Å²) in [5, 5.41) is 34.8. The zero-order valence-corrected chi connectivity index (χ0v) is 19.0. The van der Waals surface area contributed by atoms with E-state index in [2.05, 4.69) is 16.0 Å². The van der Waals surface area contributed by atoms with Gasteiger partial charge in [0.15, 0.2) is 0 Å². The highest BCUT2D eigenvalue weighted by Crippen LogP contribution is 1.97. The molecule has 0 rings (SSSR count). The summed E-state index contributed by atoms with van der Waals surface area (Å²) < 4.78 is 0. The minimum atomic E-state index is -0.728. The van der Waals surface area contributed by atoms with E-state index in [-0.39, 0.29) is 51.1 Å². The van der Waals surface area contributed by atoms with Crippen molar-refractivity contribution >= 4 is 18.2 Å². The molecule has 13 nitrogen and oxygen atoms in total. The van der Waals surface area contributed by atoms with Gasteiger partial charge in [-0.05, 0) is 13.0 Å². The predicted molar refractivity (Wildman–Crippen MR) is 121 cm³/mol. The molecule has 190 valence electrons. The molecule has 0 bridgehead atoms. The fourth-order valence-corrected chi connectivity index (χ4v) is 2.25. The fourth-order valence-electron chi connectivity index (χ4n) is 2.25. The van der Waals surface area contributed by atoms with Gasteiger partial charge in [-0.2, -0.15) is 0 Å². The van der Waals surface area contributed by atoms with Crippen molar-refractivity contribution in [3.8, 4) is 0 Å². The van der Waals surface area contributed by atoms with Gasteiger partial charge in [-0.25, -0.2) is 0 Å². The van der Waals surface area contributed by atoms with Gasteiger partial charge in [-0.1, -0.05) is 6.92 Å². The molecule has 0 saturated heterocycles. The van der Waals surface area contributed by atoms with E-state index in [1.165, 1.54) is 0 Å². The molecule has 32 heavy (non-hydrogen) atoms. The summed E-state index contributed by atoms with van der Waals surface area (Å²) >= 11 is 0. The van der Waals surface area contributed by atoms with E-state index >= 15 is 0 Å². The highest BCUT2D eigenvalue weighted by molar-refractivity contribution is 5.76. The van der Waals surface area contributed by atoms with Crippen LogP contribution in [0.4, 0.5) is 0 Å². The van der Waals surface area contributed by atoms with Gasteiger partial charge in [0.2, 0.25) is 18.2 Å². The van der Waals surface area contributed by atoms with Crippen LogP contribution in [0.25, 0.3) is 0 Å². The van der Waals surface area contributed by atoms with Crippen molar-refractivity contribution in [2.45, 2.75) is 44.5 Å². The molecule has 0 aromatic heterocycles. The molecule has 0 fully saturated rings. The van der Waals surface area contributed by atoms with Crippen molar-refractivity contribution in [3.05, 3.63) is 0 Å². The quantitative estimate of drug-likeness (QED) is 0.0879. The third-order valence-electron chi connectivity index (χ3n) is 4.17. The smallest absolute Gasteiger partial charge is 0.221 e. The number of hydrogen-bond donors (Lipinski definition) is 9. The molecule has 12 N–H and O–H groups in total. The second kappa shape index (κ2) is 22.3. The topological polar surface area (TPSA) is 229 Å². The maximum absolute atomic E-state index is 11.7. The fraction of sp³-hybridized carbons (Fsp3) is 0.842. The maximum Gasteiger partial charge on any atom is 0.221 e. The number of carbonyl (C=O) groups excluding carboxylic acids is 3. The van der Waals surface area contributed by atoms with E-state index in [1.807, 2.05) is 11.8 Å². The number of nitrogens with one attached hydrogen (secondary N) is 3. The largest absolute Gasteiger partial charge is 0.390 e. The summed E-state index contributed by atoms with van der Waals surface area (Å²) in [6.07, 6.45) is -0.0307. The van der Waals surface area contributed by atoms with E-state index in [1.54, 1.807) is 0 Å². The maximum atomic E-state index is 11.7. The van der Waals surface area contributed by atoms with Crippen LogP contribution in [0.1, 0.15) is 26.2 Å². The molecule has 0 heterocycles. The van der Waals surface area contributed by atoms with Crippen LogP contribution in [0.2, 0.25) is 0 Å². The molecule has 3 amide bonds. The Morgan fingerprint density at radius 3 is 1.56 bits per heavy atom.